The molecule has 0 aromatic carbocycles. The molecule has 2 N–H and O–H groups in total. The Morgan fingerprint density at radius 2 is 1.85 bits per heavy atom. The summed E-state index contributed by atoms with van der Waals surface area (Å²) < 4.78 is 0. The number of allylic oxidation sites excluding steroid dienone is 4. The van der Waals surface area contributed by atoms with Crippen molar-refractivity contribution in [3.8, 4) is 0 Å². The van der Waals surface area contributed by atoms with Gasteiger partial charge in [0.1, 0.15) is 0 Å². The van der Waals surface area contributed by atoms with E-state index in [1.54, 1.807) is 0 Å². The van der Waals surface area contributed by atoms with Gasteiger partial charge in [0, 0.05) is 5.41 Å². The lowest BCUT2D eigenvalue weighted by Gasteiger charge is -2.15. The second kappa shape index (κ2) is 4.10. The quantitative estimate of drug-likeness (QED) is 0.648. The van der Waals surface area contributed by atoms with Crippen molar-refractivity contribution in [2.45, 2.75) is 27.2 Å². The molecule has 74 valence electrons. The van der Waals surface area contributed by atoms with Crippen molar-refractivity contribution in [2.24, 2.45) is 23.0 Å². The van der Waals surface area contributed by atoms with Gasteiger partial charge in [0.15, 0.2) is 0 Å². The summed E-state index contributed by atoms with van der Waals surface area (Å²) in [6, 6.07) is 0. The molecule has 2 atom stereocenters. The molecule has 0 aromatic heterocycles. The van der Waals surface area contributed by atoms with Gasteiger partial charge in [0.25, 0.3) is 0 Å². The maximum absolute atomic E-state index is 5.58. The van der Waals surface area contributed by atoms with E-state index in [2.05, 4.69) is 45.1 Å². The molecular formula is C12H21N. The van der Waals surface area contributed by atoms with E-state index in [0.717, 1.165) is 13.0 Å². The minimum absolute atomic E-state index is 0.220. The van der Waals surface area contributed by atoms with Gasteiger partial charge in [0.05, 0.1) is 0 Å². The molecule has 2 unspecified atom stereocenters. The van der Waals surface area contributed by atoms with Crippen molar-refractivity contribution < 1.29 is 0 Å². The Balaban J connectivity index is 2.74. The third-order valence-corrected chi connectivity index (χ3v) is 2.78. The Bertz CT molecular complexity index is 213. The number of rotatable bonds is 2. The van der Waals surface area contributed by atoms with Crippen LogP contribution in [0.5, 0.6) is 0 Å². The first kappa shape index (κ1) is 10.5. The van der Waals surface area contributed by atoms with E-state index < -0.39 is 0 Å². The van der Waals surface area contributed by atoms with Crippen LogP contribution in [0.15, 0.2) is 24.3 Å². The number of nitrogens with two attached hydrogens (primary N) is 1. The molecule has 1 aliphatic carbocycles. The molecule has 0 saturated heterocycles. The lowest BCUT2D eigenvalue weighted by molar-refractivity contribution is 0.484. The molecule has 0 fully saturated rings. The van der Waals surface area contributed by atoms with Gasteiger partial charge in [-0.25, -0.2) is 0 Å². The molecule has 0 amide bonds. The zero-order chi connectivity index (χ0) is 9.90. The van der Waals surface area contributed by atoms with Crippen LogP contribution in [-0.4, -0.2) is 6.54 Å². The van der Waals surface area contributed by atoms with E-state index >= 15 is 0 Å². The van der Waals surface area contributed by atoms with Crippen molar-refractivity contribution in [1.29, 1.82) is 0 Å². The van der Waals surface area contributed by atoms with Crippen molar-refractivity contribution in [3.05, 3.63) is 24.3 Å². The van der Waals surface area contributed by atoms with Crippen LogP contribution in [0.2, 0.25) is 0 Å². The number of hydrogen-bond donors (Lipinski definition) is 1. The molecule has 0 heterocycles. The first-order valence-corrected chi connectivity index (χ1v) is 5.14. The average molecular weight is 179 g/mol. The van der Waals surface area contributed by atoms with Crippen molar-refractivity contribution in [2.75, 3.05) is 6.54 Å². The monoisotopic (exact) mass is 179 g/mol. The standard InChI is InChI=1S/C12H21N/c1-10-4-7-12(2,3)8-5-11(10)6-9-13/h4-5,7-8,10-11H,6,9,13H2,1-3H3. The van der Waals surface area contributed by atoms with Crippen LogP contribution in [0.1, 0.15) is 27.2 Å². The van der Waals surface area contributed by atoms with E-state index in [4.69, 9.17) is 5.73 Å². The van der Waals surface area contributed by atoms with Crippen LogP contribution in [0, 0.1) is 17.3 Å². The summed E-state index contributed by atoms with van der Waals surface area (Å²) in [5, 5.41) is 0. The van der Waals surface area contributed by atoms with E-state index in [1.165, 1.54) is 0 Å². The Hall–Kier alpha value is -0.560. The van der Waals surface area contributed by atoms with Gasteiger partial charge in [-0.05, 0) is 24.8 Å². The fourth-order valence-electron chi connectivity index (χ4n) is 1.70. The molecule has 0 aromatic rings. The highest BCUT2D eigenvalue weighted by Gasteiger charge is 2.18. The topological polar surface area (TPSA) is 26.0 Å². The van der Waals surface area contributed by atoms with Gasteiger partial charge < -0.3 is 5.73 Å². The van der Waals surface area contributed by atoms with Crippen molar-refractivity contribution >= 4 is 0 Å². The van der Waals surface area contributed by atoms with E-state index in [1.807, 2.05) is 0 Å². The highest BCUT2D eigenvalue weighted by molar-refractivity contribution is 5.14. The van der Waals surface area contributed by atoms with Gasteiger partial charge >= 0.3 is 0 Å². The Morgan fingerprint density at radius 3 is 2.46 bits per heavy atom. The third kappa shape index (κ3) is 3.00. The lowest BCUT2D eigenvalue weighted by atomic mass is 9.91. The Labute approximate surface area is 81.7 Å². The third-order valence-electron chi connectivity index (χ3n) is 2.78. The summed E-state index contributed by atoms with van der Waals surface area (Å²) in [6.45, 7) is 7.52. The summed E-state index contributed by atoms with van der Waals surface area (Å²) in [7, 11) is 0. The van der Waals surface area contributed by atoms with E-state index in [9.17, 15) is 0 Å². The van der Waals surface area contributed by atoms with Crippen molar-refractivity contribution in [1.82, 2.24) is 0 Å². The highest BCUT2D eigenvalue weighted by Crippen LogP contribution is 2.29. The van der Waals surface area contributed by atoms with Crippen LogP contribution < -0.4 is 5.73 Å². The summed E-state index contributed by atoms with van der Waals surface area (Å²) in [4.78, 5) is 0. The van der Waals surface area contributed by atoms with Gasteiger partial charge in [-0.3, -0.25) is 0 Å². The minimum Gasteiger partial charge on any atom is -0.330 e. The first-order valence-electron chi connectivity index (χ1n) is 5.14. The fraction of sp³-hybridized carbons (Fsp3) is 0.667. The smallest absolute Gasteiger partial charge is 0.000461 e. The summed E-state index contributed by atoms with van der Waals surface area (Å²) >= 11 is 0. The molecule has 1 heteroatoms. The van der Waals surface area contributed by atoms with E-state index in [0.29, 0.717) is 11.8 Å². The molecule has 0 saturated carbocycles. The molecular weight excluding hydrogens is 158 g/mol. The average Bonchev–Trinajstić information content (AvgIpc) is 2.18. The second-order valence-corrected chi connectivity index (χ2v) is 4.64. The summed E-state index contributed by atoms with van der Waals surface area (Å²) in [5.41, 5.74) is 5.80. The zero-order valence-corrected chi connectivity index (χ0v) is 8.96. The molecule has 13 heavy (non-hydrogen) atoms. The fourth-order valence-corrected chi connectivity index (χ4v) is 1.70. The maximum Gasteiger partial charge on any atom is 0.000461 e. The Kier molecular flexibility index (Phi) is 3.32. The molecule has 1 aliphatic rings. The summed E-state index contributed by atoms with van der Waals surface area (Å²) in [6.07, 6.45) is 10.3. The van der Waals surface area contributed by atoms with Crippen LogP contribution >= 0.6 is 0 Å². The van der Waals surface area contributed by atoms with Crippen LogP contribution in [0.25, 0.3) is 0 Å². The Morgan fingerprint density at radius 1 is 1.23 bits per heavy atom. The molecule has 1 rings (SSSR count). The maximum atomic E-state index is 5.58. The van der Waals surface area contributed by atoms with Gasteiger partial charge in [0.2, 0.25) is 0 Å². The molecule has 0 aliphatic heterocycles. The predicted octanol–water partition coefficient (Wildman–Crippen LogP) is 2.74. The summed E-state index contributed by atoms with van der Waals surface area (Å²) in [5.74, 6) is 1.25. The number of hydrogen-bond acceptors (Lipinski definition) is 1. The van der Waals surface area contributed by atoms with Gasteiger partial charge in [-0.1, -0.05) is 45.1 Å². The van der Waals surface area contributed by atoms with Crippen LogP contribution in [0.4, 0.5) is 0 Å². The minimum atomic E-state index is 0.220. The first-order chi connectivity index (χ1) is 6.05. The predicted molar refractivity (Wildman–Crippen MR) is 58.4 cm³/mol. The molecule has 0 radical (unpaired) electrons. The van der Waals surface area contributed by atoms with Gasteiger partial charge in [-0.15, -0.1) is 0 Å². The largest absolute Gasteiger partial charge is 0.330 e. The zero-order valence-electron chi connectivity index (χ0n) is 8.96. The highest BCUT2D eigenvalue weighted by atomic mass is 14.5. The SMILES string of the molecule is CC1C=CC(C)(C)C=CC1CCN. The van der Waals surface area contributed by atoms with E-state index in [-0.39, 0.29) is 5.41 Å². The van der Waals surface area contributed by atoms with Crippen molar-refractivity contribution in [3.63, 3.8) is 0 Å². The van der Waals surface area contributed by atoms with Crippen LogP contribution in [-0.2, 0) is 0 Å². The molecule has 1 nitrogen and oxygen atoms in total. The normalized spacial score (nSPS) is 31.7. The molecule has 0 bridgehead atoms. The van der Waals surface area contributed by atoms with Crippen LogP contribution in [0.3, 0.4) is 0 Å². The lowest BCUT2D eigenvalue weighted by Crippen LogP contribution is -2.12. The molecule has 0 spiro atoms. The van der Waals surface area contributed by atoms with Gasteiger partial charge in [-0.2, -0.15) is 0 Å². The second-order valence-electron chi connectivity index (χ2n) is 4.64.